The molecule has 1 saturated heterocycles. The lowest BCUT2D eigenvalue weighted by Gasteiger charge is -2.21. The smallest absolute Gasteiger partial charge is 0.196 e. The Labute approximate surface area is 177 Å². The lowest BCUT2D eigenvalue weighted by Crippen LogP contribution is -2.24. The number of rotatable bonds is 3. The van der Waals surface area contributed by atoms with Crippen molar-refractivity contribution in [3.63, 3.8) is 0 Å². The van der Waals surface area contributed by atoms with E-state index in [4.69, 9.17) is 0 Å². The number of fused-ring (bicyclic) bond motifs is 1. The summed E-state index contributed by atoms with van der Waals surface area (Å²) in [5.41, 5.74) is 2.93. The minimum Gasteiger partial charge on any atom is -0.375 e. The van der Waals surface area contributed by atoms with E-state index >= 15 is 0 Å². The summed E-state index contributed by atoms with van der Waals surface area (Å²) in [5.74, 6) is 1.82. The lowest BCUT2D eigenvalue weighted by molar-refractivity contribution is 0.0955. The van der Waals surface area contributed by atoms with Gasteiger partial charge in [-0.25, -0.2) is 0 Å². The maximum absolute atomic E-state index is 13.6. The Hall–Kier alpha value is -2.47. The van der Waals surface area contributed by atoms with E-state index in [0.29, 0.717) is 16.8 Å². The molecule has 144 valence electrons. The van der Waals surface area contributed by atoms with Crippen molar-refractivity contribution in [2.24, 2.45) is 0 Å². The van der Waals surface area contributed by atoms with Crippen molar-refractivity contribution in [2.45, 2.75) is 5.60 Å². The molecule has 0 radical (unpaired) electrons. The van der Waals surface area contributed by atoms with E-state index in [2.05, 4.69) is 4.98 Å². The standard InChI is InChI=1S/C24H19NO2S2/c26-21-19-18(17-9-5-2-6-10-17)15-25-22(19)24(27,20(21)23-28-13-14-29-23)12-11-16-7-3-1-4-8-16/h1-12,15,25,27H,13-14H2/b12-11+. The van der Waals surface area contributed by atoms with E-state index in [-0.39, 0.29) is 5.78 Å². The van der Waals surface area contributed by atoms with E-state index < -0.39 is 5.60 Å². The van der Waals surface area contributed by atoms with Gasteiger partial charge in [-0.1, -0.05) is 66.7 Å². The number of nitrogens with one attached hydrogen (secondary N) is 1. The van der Waals surface area contributed by atoms with Crippen molar-refractivity contribution in [3.8, 4) is 11.1 Å². The van der Waals surface area contributed by atoms with Crippen molar-refractivity contribution in [1.29, 1.82) is 0 Å². The van der Waals surface area contributed by atoms with Gasteiger partial charge in [-0.2, -0.15) is 0 Å². The van der Waals surface area contributed by atoms with Gasteiger partial charge in [0.05, 0.1) is 21.1 Å². The van der Waals surface area contributed by atoms with E-state index in [9.17, 15) is 9.90 Å². The zero-order valence-corrected chi connectivity index (χ0v) is 17.2. The third-order valence-electron chi connectivity index (χ3n) is 5.25. The minimum atomic E-state index is -1.46. The Morgan fingerprint density at radius 2 is 1.62 bits per heavy atom. The molecule has 5 heteroatoms. The second kappa shape index (κ2) is 7.41. The third kappa shape index (κ3) is 3.10. The van der Waals surface area contributed by atoms with E-state index in [0.717, 1.165) is 32.4 Å². The highest BCUT2D eigenvalue weighted by atomic mass is 32.2. The van der Waals surface area contributed by atoms with Crippen LogP contribution in [0.5, 0.6) is 0 Å². The fraction of sp³-hybridized carbons (Fsp3) is 0.125. The second-order valence-electron chi connectivity index (χ2n) is 7.02. The van der Waals surface area contributed by atoms with Gasteiger partial charge in [0.1, 0.15) is 0 Å². The molecule has 29 heavy (non-hydrogen) atoms. The number of ketones is 1. The minimum absolute atomic E-state index is 0.0859. The molecule has 2 N–H and O–H groups in total. The maximum Gasteiger partial charge on any atom is 0.196 e. The van der Waals surface area contributed by atoms with Gasteiger partial charge >= 0.3 is 0 Å². The Balaban J connectivity index is 1.69. The molecule has 3 nitrogen and oxygen atoms in total. The molecule has 2 aliphatic rings. The van der Waals surface area contributed by atoms with E-state index in [1.807, 2.05) is 72.9 Å². The highest BCUT2D eigenvalue weighted by molar-refractivity contribution is 8.25. The Morgan fingerprint density at radius 1 is 0.966 bits per heavy atom. The SMILES string of the molecule is O=C1C(=C2SCCS2)C(O)(/C=C/c2ccccc2)c2[nH]cc(-c3ccccc3)c21. The Bertz CT molecular complexity index is 1120. The van der Waals surface area contributed by atoms with Gasteiger partial charge in [0.15, 0.2) is 11.4 Å². The zero-order valence-electron chi connectivity index (χ0n) is 15.6. The summed E-state index contributed by atoms with van der Waals surface area (Å²) in [6.45, 7) is 0. The molecule has 2 heterocycles. The number of carbonyl (C=O) groups is 1. The average Bonchev–Trinajstić information content (AvgIpc) is 3.47. The molecular formula is C24H19NO2S2. The number of aromatic nitrogens is 1. The summed E-state index contributed by atoms with van der Waals surface area (Å²) >= 11 is 3.31. The monoisotopic (exact) mass is 417 g/mol. The van der Waals surface area contributed by atoms with Crippen LogP contribution in [0.15, 0.2) is 82.7 Å². The van der Waals surface area contributed by atoms with Crippen molar-refractivity contribution in [3.05, 3.63) is 99.6 Å². The zero-order chi connectivity index (χ0) is 19.8. The number of aliphatic hydroxyl groups is 1. The summed E-state index contributed by atoms with van der Waals surface area (Å²) in [5, 5.41) is 11.8. The molecule has 5 rings (SSSR count). The van der Waals surface area contributed by atoms with Crippen LogP contribution in [-0.4, -0.2) is 27.4 Å². The van der Waals surface area contributed by atoms with Crippen molar-refractivity contribution >= 4 is 35.4 Å². The van der Waals surface area contributed by atoms with E-state index in [1.54, 1.807) is 29.6 Å². The molecule has 3 aromatic rings. The van der Waals surface area contributed by atoms with Crippen molar-refractivity contribution < 1.29 is 9.90 Å². The van der Waals surface area contributed by atoms with Gasteiger partial charge < -0.3 is 10.1 Å². The quantitative estimate of drug-likeness (QED) is 0.555. The molecule has 1 aliphatic heterocycles. The number of Topliss-reactive ketones (excluding diaryl/α,β-unsaturated/α-hetero) is 1. The van der Waals surface area contributed by atoms with Crippen molar-refractivity contribution in [2.75, 3.05) is 11.5 Å². The first-order chi connectivity index (χ1) is 14.2. The van der Waals surface area contributed by atoms with Crippen LogP contribution in [0.1, 0.15) is 21.6 Å². The van der Waals surface area contributed by atoms with Crippen LogP contribution in [0.4, 0.5) is 0 Å². The first kappa shape index (κ1) is 18.6. The van der Waals surface area contributed by atoms with Gasteiger partial charge in [0.2, 0.25) is 0 Å². The molecule has 0 saturated carbocycles. The predicted molar refractivity (Wildman–Crippen MR) is 122 cm³/mol. The van der Waals surface area contributed by atoms with E-state index in [1.165, 1.54) is 0 Å². The van der Waals surface area contributed by atoms with Crippen molar-refractivity contribution in [1.82, 2.24) is 4.98 Å². The predicted octanol–water partition coefficient (Wildman–Crippen LogP) is 5.47. The fourth-order valence-electron chi connectivity index (χ4n) is 3.88. The molecule has 2 aromatic carbocycles. The summed E-state index contributed by atoms with van der Waals surface area (Å²) in [4.78, 5) is 16.8. The Morgan fingerprint density at radius 3 is 2.31 bits per heavy atom. The maximum atomic E-state index is 13.6. The van der Waals surface area contributed by atoms with Gasteiger partial charge in [0.25, 0.3) is 0 Å². The Kier molecular flexibility index (Phi) is 4.74. The normalized spacial score (nSPS) is 21.3. The molecule has 0 amide bonds. The van der Waals surface area contributed by atoms with Gasteiger partial charge in [0, 0.05) is 23.3 Å². The number of carbonyl (C=O) groups excluding carboxylic acids is 1. The van der Waals surface area contributed by atoms with Crippen LogP contribution in [0.25, 0.3) is 17.2 Å². The lowest BCUT2D eigenvalue weighted by atomic mass is 9.95. The molecule has 1 fully saturated rings. The third-order valence-corrected chi connectivity index (χ3v) is 7.97. The topological polar surface area (TPSA) is 53.1 Å². The first-order valence-electron chi connectivity index (χ1n) is 9.47. The first-order valence-corrected chi connectivity index (χ1v) is 11.4. The number of H-pyrrole nitrogens is 1. The fourth-order valence-corrected chi connectivity index (χ4v) is 6.53. The number of thioether (sulfide) groups is 2. The summed E-state index contributed by atoms with van der Waals surface area (Å²) < 4.78 is 0.929. The van der Waals surface area contributed by atoms with Crippen LogP contribution in [-0.2, 0) is 5.60 Å². The van der Waals surface area contributed by atoms with Gasteiger partial charge in [-0.05, 0) is 17.2 Å². The number of aromatic amines is 1. The van der Waals surface area contributed by atoms with Crippen LogP contribution < -0.4 is 0 Å². The summed E-state index contributed by atoms with van der Waals surface area (Å²) in [6, 6.07) is 19.7. The molecule has 1 unspecified atom stereocenters. The highest BCUT2D eigenvalue weighted by Gasteiger charge is 2.50. The molecule has 1 aromatic heterocycles. The summed E-state index contributed by atoms with van der Waals surface area (Å²) in [7, 11) is 0. The molecule has 0 bridgehead atoms. The second-order valence-corrected chi connectivity index (χ2v) is 9.49. The van der Waals surface area contributed by atoms with Crippen LogP contribution >= 0.6 is 23.5 Å². The number of hydrogen-bond donors (Lipinski definition) is 2. The van der Waals surface area contributed by atoms with Gasteiger partial charge in [-0.15, -0.1) is 23.5 Å². The number of hydrogen-bond acceptors (Lipinski definition) is 4. The molecule has 0 spiro atoms. The van der Waals surface area contributed by atoms with Gasteiger partial charge in [-0.3, -0.25) is 4.79 Å². The highest BCUT2D eigenvalue weighted by Crippen LogP contribution is 2.52. The van der Waals surface area contributed by atoms with Crippen LogP contribution in [0.3, 0.4) is 0 Å². The summed E-state index contributed by atoms with van der Waals surface area (Å²) in [6.07, 6.45) is 5.46. The largest absolute Gasteiger partial charge is 0.375 e. The average molecular weight is 418 g/mol. The van der Waals surface area contributed by atoms with Crippen LogP contribution in [0, 0.1) is 0 Å². The van der Waals surface area contributed by atoms with Crippen LogP contribution in [0.2, 0.25) is 0 Å². The number of benzene rings is 2. The molecule has 1 atom stereocenters. The molecular weight excluding hydrogens is 398 g/mol. The molecule has 1 aliphatic carbocycles.